The minimum absolute atomic E-state index is 0.319. The number of likely N-dealkylation sites (tertiary alicyclic amines) is 1. The molecule has 1 aromatic carbocycles. The third kappa shape index (κ3) is 2.97. The normalized spacial score (nSPS) is 18.8. The van der Waals surface area contributed by atoms with Gasteiger partial charge in [-0.25, -0.2) is 0 Å². The molecule has 1 aliphatic rings. The van der Waals surface area contributed by atoms with Crippen LogP contribution in [0.3, 0.4) is 0 Å². The van der Waals surface area contributed by atoms with E-state index in [2.05, 4.69) is 4.90 Å². The Morgan fingerprint density at radius 2 is 2.00 bits per heavy atom. The molecule has 0 spiro atoms. The number of phenols is 1. The Balaban J connectivity index is 1.87. The molecule has 3 nitrogen and oxygen atoms in total. The van der Waals surface area contributed by atoms with Gasteiger partial charge in [0, 0.05) is 13.2 Å². The van der Waals surface area contributed by atoms with Crippen LogP contribution in [0.15, 0.2) is 24.3 Å². The second-order valence-corrected chi connectivity index (χ2v) is 4.57. The van der Waals surface area contributed by atoms with Crippen LogP contribution in [0.25, 0.3) is 0 Å². The van der Waals surface area contributed by atoms with Crippen LogP contribution in [0.5, 0.6) is 5.75 Å². The first-order valence-corrected chi connectivity index (χ1v) is 5.89. The van der Waals surface area contributed by atoms with Crippen LogP contribution >= 0.6 is 0 Å². The van der Waals surface area contributed by atoms with Gasteiger partial charge in [0.2, 0.25) is 0 Å². The summed E-state index contributed by atoms with van der Waals surface area (Å²) in [6.07, 6.45) is 2.16. The summed E-state index contributed by atoms with van der Waals surface area (Å²) in [5.74, 6) is 0.822. The second kappa shape index (κ2) is 5.32. The molecule has 0 amide bonds. The molecule has 3 heteroatoms. The quantitative estimate of drug-likeness (QED) is 0.814. The first kappa shape index (κ1) is 11.4. The lowest BCUT2D eigenvalue weighted by atomic mass is 9.97. The highest BCUT2D eigenvalue weighted by Gasteiger charge is 2.18. The summed E-state index contributed by atoms with van der Waals surface area (Å²) in [5, 5.41) is 18.4. The van der Waals surface area contributed by atoms with Crippen molar-refractivity contribution in [1.82, 2.24) is 4.90 Å². The number of benzene rings is 1. The van der Waals surface area contributed by atoms with E-state index in [9.17, 15) is 5.11 Å². The van der Waals surface area contributed by atoms with E-state index in [0.29, 0.717) is 18.3 Å². The molecule has 0 bridgehead atoms. The Morgan fingerprint density at radius 3 is 2.62 bits per heavy atom. The van der Waals surface area contributed by atoms with Gasteiger partial charge >= 0.3 is 0 Å². The van der Waals surface area contributed by atoms with Crippen LogP contribution in [0, 0.1) is 5.92 Å². The number of hydrogen-bond acceptors (Lipinski definition) is 3. The Bertz CT molecular complexity index is 332. The highest BCUT2D eigenvalue weighted by atomic mass is 16.3. The van der Waals surface area contributed by atoms with Crippen molar-refractivity contribution >= 4 is 0 Å². The van der Waals surface area contributed by atoms with Crippen LogP contribution in [0.1, 0.15) is 18.4 Å². The molecule has 1 aromatic rings. The van der Waals surface area contributed by atoms with E-state index in [1.165, 1.54) is 0 Å². The lowest BCUT2D eigenvalue weighted by Gasteiger charge is -2.31. The molecule has 0 radical (unpaired) electrons. The van der Waals surface area contributed by atoms with Gasteiger partial charge in [0.25, 0.3) is 0 Å². The minimum Gasteiger partial charge on any atom is -0.508 e. The number of hydrogen-bond donors (Lipinski definition) is 2. The van der Waals surface area contributed by atoms with E-state index in [1.54, 1.807) is 6.07 Å². The van der Waals surface area contributed by atoms with Crippen molar-refractivity contribution in [3.63, 3.8) is 0 Å². The van der Waals surface area contributed by atoms with Crippen LogP contribution in [-0.2, 0) is 6.54 Å². The first-order valence-electron chi connectivity index (χ1n) is 5.89. The zero-order chi connectivity index (χ0) is 11.4. The van der Waals surface area contributed by atoms with Gasteiger partial charge in [0.1, 0.15) is 5.75 Å². The Kier molecular flexibility index (Phi) is 3.80. The molecule has 0 unspecified atom stereocenters. The molecule has 0 aromatic heterocycles. The predicted octanol–water partition coefficient (Wildman–Crippen LogP) is 1.60. The number of aromatic hydroxyl groups is 1. The fourth-order valence-electron chi connectivity index (χ4n) is 2.24. The van der Waals surface area contributed by atoms with Crippen molar-refractivity contribution in [1.29, 1.82) is 0 Å². The maximum atomic E-state index is 9.37. The minimum atomic E-state index is 0.319. The number of phenolic OH excluding ortho intramolecular Hbond substituents is 1. The summed E-state index contributed by atoms with van der Waals surface area (Å²) in [6, 6.07) is 7.43. The summed E-state index contributed by atoms with van der Waals surface area (Å²) < 4.78 is 0. The van der Waals surface area contributed by atoms with Gasteiger partial charge in [0.05, 0.1) is 0 Å². The van der Waals surface area contributed by atoms with Crippen molar-refractivity contribution < 1.29 is 10.2 Å². The monoisotopic (exact) mass is 221 g/mol. The van der Waals surface area contributed by atoms with Crippen LogP contribution < -0.4 is 0 Å². The first-order chi connectivity index (χ1) is 7.78. The molecular formula is C13H19NO2. The van der Waals surface area contributed by atoms with Crippen molar-refractivity contribution in [2.75, 3.05) is 19.7 Å². The molecular weight excluding hydrogens is 202 g/mol. The molecule has 1 fully saturated rings. The molecule has 0 aliphatic carbocycles. The Hall–Kier alpha value is -1.06. The van der Waals surface area contributed by atoms with E-state index in [-0.39, 0.29) is 0 Å². The number of rotatable bonds is 3. The van der Waals surface area contributed by atoms with Crippen LogP contribution in [-0.4, -0.2) is 34.8 Å². The summed E-state index contributed by atoms with van der Waals surface area (Å²) >= 11 is 0. The maximum absolute atomic E-state index is 9.37. The van der Waals surface area contributed by atoms with Crippen molar-refractivity contribution in [2.24, 2.45) is 5.92 Å². The van der Waals surface area contributed by atoms with Gasteiger partial charge in [0.15, 0.2) is 0 Å². The van der Waals surface area contributed by atoms with Crippen LogP contribution in [0.2, 0.25) is 0 Å². The van der Waals surface area contributed by atoms with Gasteiger partial charge in [-0.15, -0.1) is 0 Å². The average Bonchev–Trinajstić information content (AvgIpc) is 2.30. The molecule has 1 aliphatic heterocycles. The molecule has 1 heterocycles. The predicted molar refractivity (Wildman–Crippen MR) is 63.2 cm³/mol. The van der Waals surface area contributed by atoms with Crippen LogP contribution in [0.4, 0.5) is 0 Å². The summed E-state index contributed by atoms with van der Waals surface area (Å²) in [6.45, 7) is 3.30. The molecule has 2 rings (SSSR count). The lowest BCUT2D eigenvalue weighted by molar-refractivity contribution is 0.127. The Morgan fingerprint density at radius 1 is 1.25 bits per heavy atom. The van der Waals surface area contributed by atoms with E-state index in [0.717, 1.165) is 38.0 Å². The highest BCUT2D eigenvalue weighted by Crippen LogP contribution is 2.19. The van der Waals surface area contributed by atoms with Gasteiger partial charge < -0.3 is 10.2 Å². The summed E-state index contributed by atoms with van der Waals surface area (Å²) in [7, 11) is 0. The fraction of sp³-hybridized carbons (Fsp3) is 0.538. The fourth-order valence-corrected chi connectivity index (χ4v) is 2.24. The van der Waals surface area contributed by atoms with Gasteiger partial charge in [-0.1, -0.05) is 12.1 Å². The van der Waals surface area contributed by atoms with E-state index in [1.807, 2.05) is 18.2 Å². The highest BCUT2D eigenvalue weighted by molar-refractivity contribution is 5.26. The van der Waals surface area contributed by atoms with E-state index in [4.69, 9.17) is 5.11 Å². The maximum Gasteiger partial charge on any atom is 0.115 e. The number of piperidine rings is 1. The summed E-state index contributed by atoms with van der Waals surface area (Å²) in [5.41, 5.74) is 1.16. The zero-order valence-electron chi connectivity index (χ0n) is 9.47. The molecule has 0 atom stereocenters. The van der Waals surface area contributed by atoms with Crippen molar-refractivity contribution in [3.8, 4) is 5.75 Å². The molecule has 88 valence electrons. The second-order valence-electron chi connectivity index (χ2n) is 4.57. The topological polar surface area (TPSA) is 43.7 Å². The van der Waals surface area contributed by atoms with Crippen molar-refractivity contribution in [2.45, 2.75) is 19.4 Å². The van der Waals surface area contributed by atoms with Gasteiger partial charge in [-0.3, -0.25) is 4.90 Å². The smallest absolute Gasteiger partial charge is 0.115 e. The largest absolute Gasteiger partial charge is 0.508 e. The molecule has 2 N–H and O–H groups in total. The van der Waals surface area contributed by atoms with Gasteiger partial charge in [-0.2, -0.15) is 0 Å². The molecule has 1 saturated heterocycles. The standard InChI is InChI=1S/C13H19NO2/c15-10-11-4-6-14(7-5-11)9-12-2-1-3-13(16)8-12/h1-3,8,11,15-16H,4-7,9-10H2. The number of aliphatic hydroxyl groups excluding tert-OH is 1. The molecule has 16 heavy (non-hydrogen) atoms. The third-order valence-corrected chi connectivity index (χ3v) is 3.28. The van der Waals surface area contributed by atoms with E-state index >= 15 is 0 Å². The number of nitrogens with zero attached hydrogens (tertiary/aromatic N) is 1. The van der Waals surface area contributed by atoms with Crippen molar-refractivity contribution in [3.05, 3.63) is 29.8 Å². The molecule has 0 saturated carbocycles. The average molecular weight is 221 g/mol. The van der Waals surface area contributed by atoms with E-state index < -0.39 is 0 Å². The third-order valence-electron chi connectivity index (χ3n) is 3.28. The van der Waals surface area contributed by atoms with Gasteiger partial charge in [-0.05, 0) is 49.5 Å². The number of aliphatic hydroxyl groups is 1. The lowest BCUT2D eigenvalue weighted by Crippen LogP contribution is -2.34. The summed E-state index contributed by atoms with van der Waals surface area (Å²) in [4.78, 5) is 2.38. The SMILES string of the molecule is OCC1CCN(Cc2cccc(O)c2)CC1. The zero-order valence-corrected chi connectivity index (χ0v) is 9.47. The Labute approximate surface area is 96.3 Å².